The maximum Gasteiger partial charge on any atom is 0.124 e. The SMILES string of the molecule is Oc1ccc2cc(Br)ccc2c1-c1c(O)ccc2cc(Br)ccc12.Oc1ccc2ccccc2c1-c1c(O)ccc2ccccc12. The fraction of sp³-hybridized carbons (Fsp3) is 0. The molecule has 46 heavy (non-hydrogen) atoms. The average Bonchev–Trinajstić information content (AvgIpc) is 3.06. The van der Waals surface area contributed by atoms with Crippen molar-refractivity contribution in [1.29, 1.82) is 0 Å². The van der Waals surface area contributed by atoms with Crippen LogP contribution in [0.25, 0.3) is 65.3 Å². The molecule has 0 bridgehead atoms. The Labute approximate surface area is 281 Å². The van der Waals surface area contributed by atoms with Crippen molar-refractivity contribution in [1.82, 2.24) is 0 Å². The maximum absolute atomic E-state index is 10.5. The standard InChI is InChI=1S/C20H12Br2O2.C20H14O2/c21-13-3-5-15-11(9-13)1-7-17(23)19(15)20-16-6-4-14(22)10-12(16)2-8-18(20)24;21-17-11-9-13-5-1-3-7-15(13)19(17)20-16-8-4-2-6-14(16)10-12-18(20)22/h1-10,23-24H;1-12,21-22H. The molecule has 8 aromatic rings. The zero-order valence-corrected chi connectivity index (χ0v) is 27.4. The minimum atomic E-state index is 0.149. The van der Waals surface area contributed by atoms with Gasteiger partial charge in [0.25, 0.3) is 0 Å². The van der Waals surface area contributed by atoms with Crippen LogP contribution in [0.3, 0.4) is 0 Å². The minimum Gasteiger partial charge on any atom is -0.507 e. The first kappa shape index (κ1) is 29.7. The first-order valence-corrected chi connectivity index (χ1v) is 16.1. The molecule has 0 aliphatic carbocycles. The largest absolute Gasteiger partial charge is 0.507 e. The smallest absolute Gasteiger partial charge is 0.124 e. The molecule has 0 heterocycles. The molecule has 0 aromatic heterocycles. The second-order valence-electron chi connectivity index (χ2n) is 11.0. The van der Waals surface area contributed by atoms with E-state index in [-0.39, 0.29) is 23.0 Å². The third-order valence-corrected chi connectivity index (χ3v) is 9.22. The van der Waals surface area contributed by atoms with Crippen molar-refractivity contribution < 1.29 is 20.4 Å². The van der Waals surface area contributed by atoms with Gasteiger partial charge in [-0.3, -0.25) is 0 Å². The molecule has 0 fully saturated rings. The fourth-order valence-corrected chi connectivity index (χ4v) is 6.91. The summed E-state index contributed by atoms with van der Waals surface area (Å²) >= 11 is 6.95. The van der Waals surface area contributed by atoms with Gasteiger partial charge in [-0.2, -0.15) is 0 Å². The van der Waals surface area contributed by atoms with E-state index in [2.05, 4.69) is 31.9 Å². The van der Waals surface area contributed by atoms with E-state index in [1.807, 2.05) is 109 Å². The van der Waals surface area contributed by atoms with Gasteiger partial charge in [0.1, 0.15) is 23.0 Å². The lowest BCUT2D eigenvalue weighted by molar-refractivity contribution is 0.470. The second-order valence-corrected chi connectivity index (χ2v) is 12.8. The summed E-state index contributed by atoms with van der Waals surface area (Å²) in [6.45, 7) is 0. The summed E-state index contributed by atoms with van der Waals surface area (Å²) < 4.78 is 1.94. The number of fused-ring (bicyclic) bond motifs is 4. The molecule has 0 unspecified atom stereocenters. The predicted octanol–water partition coefficient (Wildman–Crippen LogP) is 11.7. The third-order valence-electron chi connectivity index (χ3n) is 8.23. The number of benzene rings is 8. The van der Waals surface area contributed by atoms with Crippen LogP contribution in [-0.2, 0) is 0 Å². The molecule has 0 saturated carbocycles. The minimum absolute atomic E-state index is 0.149. The molecule has 0 amide bonds. The van der Waals surface area contributed by atoms with Gasteiger partial charge in [-0.25, -0.2) is 0 Å². The second kappa shape index (κ2) is 12.0. The van der Waals surface area contributed by atoms with E-state index in [4.69, 9.17) is 0 Å². The molecule has 6 heteroatoms. The number of hydrogen-bond donors (Lipinski definition) is 4. The van der Waals surface area contributed by atoms with E-state index >= 15 is 0 Å². The Morgan fingerprint density at radius 1 is 0.304 bits per heavy atom. The molecule has 0 aliphatic rings. The Morgan fingerprint density at radius 2 is 0.609 bits per heavy atom. The summed E-state index contributed by atoms with van der Waals surface area (Å²) in [7, 11) is 0. The van der Waals surface area contributed by atoms with Gasteiger partial charge < -0.3 is 20.4 Å². The lowest BCUT2D eigenvalue weighted by Crippen LogP contribution is -1.87. The van der Waals surface area contributed by atoms with Crippen molar-refractivity contribution in [3.05, 3.63) is 142 Å². The number of aromatic hydroxyl groups is 4. The summed E-state index contributed by atoms with van der Waals surface area (Å²) in [5.41, 5.74) is 2.63. The number of halogens is 2. The molecule has 0 spiro atoms. The third kappa shape index (κ3) is 5.30. The molecule has 4 nitrogen and oxygen atoms in total. The molecule has 0 radical (unpaired) electrons. The molecule has 224 valence electrons. The van der Waals surface area contributed by atoms with E-state index < -0.39 is 0 Å². The highest BCUT2D eigenvalue weighted by molar-refractivity contribution is 9.10. The number of phenols is 4. The van der Waals surface area contributed by atoms with Crippen LogP contribution in [0, 0.1) is 0 Å². The van der Waals surface area contributed by atoms with Gasteiger partial charge in [-0.05, 0) is 91.6 Å². The van der Waals surface area contributed by atoms with Gasteiger partial charge in [0.05, 0.1) is 0 Å². The van der Waals surface area contributed by atoms with E-state index in [9.17, 15) is 20.4 Å². The lowest BCUT2D eigenvalue weighted by atomic mass is 9.92. The first-order chi connectivity index (χ1) is 22.3. The van der Waals surface area contributed by atoms with E-state index in [1.165, 1.54) is 0 Å². The molecule has 4 N–H and O–H groups in total. The van der Waals surface area contributed by atoms with Gasteiger partial charge in [0.2, 0.25) is 0 Å². The zero-order chi connectivity index (χ0) is 31.9. The van der Waals surface area contributed by atoms with Crippen LogP contribution in [0.4, 0.5) is 0 Å². The normalized spacial score (nSPS) is 11.2. The van der Waals surface area contributed by atoms with Crippen molar-refractivity contribution >= 4 is 74.9 Å². The molecular formula is C40H26Br2O4. The van der Waals surface area contributed by atoms with Crippen molar-refractivity contribution in [2.75, 3.05) is 0 Å². The van der Waals surface area contributed by atoms with Crippen LogP contribution in [0.1, 0.15) is 0 Å². The first-order valence-electron chi connectivity index (χ1n) is 14.5. The Balaban J connectivity index is 0.000000147. The summed E-state index contributed by atoms with van der Waals surface area (Å²) in [6, 6.07) is 41.7. The van der Waals surface area contributed by atoms with Crippen LogP contribution in [-0.4, -0.2) is 20.4 Å². The topological polar surface area (TPSA) is 80.9 Å². The molecule has 0 saturated heterocycles. The summed E-state index contributed by atoms with van der Waals surface area (Å²) in [5.74, 6) is 0.641. The molecule has 0 aliphatic heterocycles. The summed E-state index contributed by atoms with van der Waals surface area (Å²) in [4.78, 5) is 0. The monoisotopic (exact) mass is 728 g/mol. The lowest BCUT2D eigenvalue weighted by Gasteiger charge is -2.14. The van der Waals surface area contributed by atoms with Crippen molar-refractivity contribution in [2.45, 2.75) is 0 Å². The van der Waals surface area contributed by atoms with Gasteiger partial charge in [0.15, 0.2) is 0 Å². The van der Waals surface area contributed by atoms with Crippen molar-refractivity contribution in [2.24, 2.45) is 0 Å². The number of hydrogen-bond acceptors (Lipinski definition) is 4. The maximum atomic E-state index is 10.5. The fourth-order valence-electron chi connectivity index (χ4n) is 6.15. The van der Waals surface area contributed by atoms with Crippen LogP contribution >= 0.6 is 31.9 Å². The van der Waals surface area contributed by atoms with Gasteiger partial charge >= 0.3 is 0 Å². The van der Waals surface area contributed by atoms with E-state index in [0.29, 0.717) is 22.3 Å². The Kier molecular flexibility index (Phi) is 7.77. The molecule has 8 aromatic carbocycles. The predicted molar refractivity (Wildman–Crippen MR) is 196 cm³/mol. The Bertz CT molecular complexity index is 2280. The van der Waals surface area contributed by atoms with Crippen molar-refractivity contribution in [3.8, 4) is 45.3 Å². The zero-order valence-electron chi connectivity index (χ0n) is 24.2. The highest BCUT2D eigenvalue weighted by atomic mass is 79.9. The summed E-state index contributed by atoms with van der Waals surface area (Å²) in [5, 5.41) is 49.6. The number of phenolic OH excluding ortho intramolecular Hbond substituents is 4. The summed E-state index contributed by atoms with van der Waals surface area (Å²) in [6.07, 6.45) is 0. The van der Waals surface area contributed by atoms with Crippen LogP contribution in [0.5, 0.6) is 23.0 Å². The highest BCUT2D eigenvalue weighted by Crippen LogP contribution is 2.46. The Morgan fingerprint density at radius 3 is 0.978 bits per heavy atom. The van der Waals surface area contributed by atoms with Crippen LogP contribution < -0.4 is 0 Å². The van der Waals surface area contributed by atoms with Gasteiger partial charge in [-0.15, -0.1) is 0 Å². The van der Waals surface area contributed by atoms with E-state index in [1.54, 1.807) is 24.3 Å². The highest BCUT2D eigenvalue weighted by Gasteiger charge is 2.18. The molecule has 0 atom stereocenters. The van der Waals surface area contributed by atoms with Crippen LogP contribution in [0.15, 0.2) is 142 Å². The molecular weight excluding hydrogens is 704 g/mol. The average molecular weight is 730 g/mol. The number of rotatable bonds is 2. The van der Waals surface area contributed by atoms with Crippen molar-refractivity contribution in [3.63, 3.8) is 0 Å². The molecule has 8 rings (SSSR count). The van der Waals surface area contributed by atoms with Crippen LogP contribution in [0.2, 0.25) is 0 Å². The van der Waals surface area contributed by atoms with E-state index in [0.717, 1.165) is 52.0 Å². The van der Waals surface area contributed by atoms with Gasteiger partial charge in [0, 0.05) is 31.2 Å². The Hall–Kier alpha value is -5.04. The quantitative estimate of drug-likeness (QED) is 0.143. The van der Waals surface area contributed by atoms with Gasteiger partial charge in [-0.1, -0.05) is 117 Å².